The maximum atomic E-state index is 12.3. The van der Waals surface area contributed by atoms with Crippen LogP contribution < -0.4 is 0 Å². The Hall–Kier alpha value is -1.30. The Bertz CT molecular complexity index is 385. The summed E-state index contributed by atoms with van der Waals surface area (Å²) in [7, 11) is 0. The van der Waals surface area contributed by atoms with Gasteiger partial charge in [0.1, 0.15) is 5.60 Å². The molecule has 1 atom stereocenters. The zero-order valence-electron chi connectivity index (χ0n) is 12.7. The molecule has 2 heterocycles. The van der Waals surface area contributed by atoms with E-state index >= 15 is 0 Å². The summed E-state index contributed by atoms with van der Waals surface area (Å²) in [6, 6.07) is 0. The third-order valence-electron chi connectivity index (χ3n) is 3.44. The molecule has 6 nitrogen and oxygen atoms in total. The number of rotatable bonds is 1. The molecule has 0 bridgehead atoms. The highest BCUT2D eigenvalue weighted by Crippen LogP contribution is 2.22. The first-order valence-electron chi connectivity index (χ1n) is 7.14. The molecule has 6 heteroatoms. The van der Waals surface area contributed by atoms with E-state index in [0.29, 0.717) is 32.8 Å². The molecule has 0 aromatic carbocycles. The summed E-state index contributed by atoms with van der Waals surface area (Å²) < 4.78 is 10.7. The number of hydrogen-bond donors (Lipinski definition) is 0. The molecule has 0 unspecified atom stereocenters. The maximum Gasteiger partial charge on any atom is 0.410 e. The van der Waals surface area contributed by atoms with E-state index in [1.165, 1.54) is 0 Å². The fourth-order valence-corrected chi connectivity index (χ4v) is 2.39. The molecule has 0 aromatic heterocycles. The second-order valence-electron chi connectivity index (χ2n) is 6.55. The predicted molar refractivity (Wildman–Crippen MR) is 73.3 cm³/mol. The Labute approximate surface area is 120 Å². The third-order valence-corrected chi connectivity index (χ3v) is 3.44. The van der Waals surface area contributed by atoms with Crippen LogP contribution in [-0.2, 0) is 14.3 Å². The molecule has 0 spiro atoms. The summed E-state index contributed by atoms with van der Waals surface area (Å²) in [5.41, 5.74) is -0.494. The van der Waals surface area contributed by atoms with Gasteiger partial charge in [0.25, 0.3) is 0 Å². The monoisotopic (exact) mass is 284 g/mol. The lowest BCUT2D eigenvalue weighted by Crippen LogP contribution is -2.59. The first-order chi connectivity index (χ1) is 9.26. The molecular formula is C14H24N2O4. The zero-order chi connectivity index (χ0) is 14.9. The second kappa shape index (κ2) is 5.60. The maximum absolute atomic E-state index is 12.3. The first-order valence-corrected chi connectivity index (χ1v) is 7.14. The number of morpholine rings is 1. The van der Waals surface area contributed by atoms with Gasteiger partial charge in [0.05, 0.1) is 18.6 Å². The van der Waals surface area contributed by atoms with Gasteiger partial charge in [-0.05, 0) is 27.7 Å². The minimum absolute atomic E-state index is 0.0900. The normalized spacial score (nSPS) is 24.3. The van der Waals surface area contributed by atoms with Crippen LogP contribution in [0.15, 0.2) is 0 Å². The number of nitrogens with zero attached hydrogens (tertiary/aromatic N) is 2. The summed E-state index contributed by atoms with van der Waals surface area (Å²) in [5, 5.41) is 0. The van der Waals surface area contributed by atoms with Crippen molar-refractivity contribution >= 4 is 12.0 Å². The van der Waals surface area contributed by atoms with E-state index in [9.17, 15) is 9.59 Å². The average molecular weight is 284 g/mol. The molecule has 2 fully saturated rings. The quantitative estimate of drug-likeness (QED) is 0.723. The number of carbonyl (C=O) groups excluding carboxylic acids is 2. The smallest absolute Gasteiger partial charge is 0.410 e. The van der Waals surface area contributed by atoms with Crippen molar-refractivity contribution in [2.24, 2.45) is 5.92 Å². The van der Waals surface area contributed by atoms with Crippen LogP contribution in [0.3, 0.4) is 0 Å². The number of likely N-dealkylation sites (tertiary alicyclic amines) is 1. The highest BCUT2D eigenvalue weighted by Gasteiger charge is 2.40. The highest BCUT2D eigenvalue weighted by molar-refractivity contribution is 5.82. The Kier molecular flexibility index (Phi) is 4.22. The third kappa shape index (κ3) is 3.62. The molecule has 0 aromatic rings. The number of carbonyl (C=O) groups is 2. The van der Waals surface area contributed by atoms with E-state index in [-0.39, 0.29) is 24.0 Å². The molecule has 2 aliphatic heterocycles. The van der Waals surface area contributed by atoms with Crippen molar-refractivity contribution in [3.05, 3.63) is 0 Å². The standard InChI is InChI=1S/C14H24N2O4/c1-10-7-15(5-6-19-10)12(17)11-8-16(9-11)13(18)20-14(2,3)4/h10-11H,5-9H2,1-4H3/t10-/m1/s1. The molecule has 2 rings (SSSR count). The number of amides is 2. The molecule has 114 valence electrons. The minimum atomic E-state index is -0.494. The van der Waals surface area contributed by atoms with Crippen LogP contribution in [0, 0.1) is 5.92 Å². The Morgan fingerprint density at radius 2 is 1.80 bits per heavy atom. The topological polar surface area (TPSA) is 59.1 Å². The van der Waals surface area contributed by atoms with Gasteiger partial charge in [-0.2, -0.15) is 0 Å². The van der Waals surface area contributed by atoms with E-state index in [2.05, 4.69) is 0 Å². The molecule has 0 saturated carbocycles. The van der Waals surface area contributed by atoms with Gasteiger partial charge in [-0.25, -0.2) is 4.79 Å². The second-order valence-corrected chi connectivity index (χ2v) is 6.55. The van der Waals surface area contributed by atoms with E-state index in [1.54, 1.807) is 4.90 Å². The molecular weight excluding hydrogens is 260 g/mol. The van der Waals surface area contributed by atoms with Gasteiger partial charge in [0.15, 0.2) is 0 Å². The van der Waals surface area contributed by atoms with Crippen molar-refractivity contribution in [1.82, 2.24) is 9.80 Å². The van der Waals surface area contributed by atoms with E-state index in [4.69, 9.17) is 9.47 Å². The zero-order valence-corrected chi connectivity index (χ0v) is 12.7. The lowest BCUT2D eigenvalue weighted by Gasteiger charge is -2.42. The molecule has 0 aliphatic carbocycles. The summed E-state index contributed by atoms with van der Waals surface area (Å²) in [4.78, 5) is 27.5. The van der Waals surface area contributed by atoms with Gasteiger partial charge in [-0.1, -0.05) is 0 Å². The minimum Gasteiger partial charge on any atom is -0.444 e. The van der Waals surface area contributed by atoms with Crippen molar-refractivity contribution in [1.29, 1.82) is 0 Å². The van der Waals surface area contributed by atoms with Gasteiger partial charge in [0.2, 0.25) is 5.91 Å². The summed E-state index contributed by atoms with van der Waals surface area (Å²) in [5.74, 6) is 0.0350. The highest BCUT2D eigenvalue weighted by atomic mass is 16.6. The van der Waals surface area contributed by atoms with Crippen LogP contribution in [0.25, 0.3) is 0 Å². The van der Waals surface area contributed by atoms with Gasteiger partial charge in [-0.15, -0.1) is 0 Å². The van der Waals surface area contributed by atoms with Crippen molar-refractivity contribution in [3.8, 4) is 0 Å². The van der Waals surface area contributed by atoms with E-state index in [0.717, 1.165) is 0 Å². The molecule has 2 saturated heterocycles. The lowest BCUT2D eigenvalue weighted by molar-refractivity contribution is -0.147. The number of ether oxygens (including phenoxy) is 2. The van der Waals surface area contributed by atoms with Crippen molar-refractivity contribution in [2.75, 3.05) is 32.8 Å². The van der Waals surface area contributed by atoms with E-state index in [1.807, 2.05) is 32.6 Å². The molecule has 2 aliphatic rings. The average Bonchev–Trinajstić information content (AvgIpc) is 2.24. The van der Waals surface area contributed by atoms with Crippen molar-refractivity contribution in [2.45, 2.75) is 39.4 Å². The molecule has 0 radical (unpaired) electrons. The van der Waals surface area contributed by atoms with Crippen LogP contribution in [0.5, 0.6) is 0 Å². The SMILES string of the molecule is C[C@@H]1CN(C(=O)C2CN(C(=O)OC(C)(C)C)C2)CCO1. The van der Waals surface area contributed by atoms with Crippen molar-refractivity contribution in [3.63, 3.8) is 0 Å². The Balaban J connectivity index is 1.78. The van der Waals surface area contributed by atoms with Gasteiger partial charge >= 0.3 is 6.09 Å². The first kappa shape index (κ1) is 15.1. The fourth-order valence-electron chi connectivity index (χ4n) is 2.39. The molecule has 0 N–H and O–H groups in total. The fraction of sp³-hybridized carbons (Fsp3) is 0.857. The molecule has 2 amide bonds. The number of hydrogen-bond acceptors (Lipinski definition) is 4. The van der Waals surface area contributed by atoms with Crippen LogP contribution in [0.2, 0.25) is 0 Å². The predicted octanol–water partition coefficient (Wildman–Crippen LogP) is 1.10. The van der Waals surface area contributed by atoms with Gasteiger partial charge in [0, 0.05) is 26.2 Å². The van der Waals surface area contributed by atoms with Gasteiger partial charge < -0.3 is 19.3 Å². The van der Waals surface area contributed by atoms with Crippen molar-refractivity contribution < 1.29 is 19.1 Å². The van der Waals surface area contributed by atoms with Crippen LogP contribution in [-0.4, -0.2) is 66.3 Å². The van der Waals surface area contributed by atoms with Crippen LogP contribution >= 0.6 is 0 Å². The van der Waals surface area contributed by atoms with Gasteiger partial charge in [-0.3, -0.25) is 4.79 Å². The molecule has 20 heavy (non-hydrogen) atoms. The van der Waals surface area contributed by atoms with E-state index < -0.39 is 5.60 Å². The Morgan fingerprint density at radius 3 is 2.35 bits per heavy atom. The largest absolute Gasteiger partial charge is 0.444 e. The Morgan fingerprint density at radius 1 is 1.15 bits per heavy atom. The summed E-state index contributed by atoms with van der Waals surface area (Å²) in [6.45, 7) is 10.3. The van der Waals surface area contributed by atoms with Crippen LogP contribution in [0.4, 0.5) is 4.79 Å². The summed E-state index contributed by atoms with van der Waals surface area (Å²) >= 11 is 0. The summed E-state index contributed by atoms with van der Waals surface area (Å²) in [6.07, 6.45) is -0.244. The van der Waals surface area contributed by atoms with Crippen LogP contribution in [0.1, 0.15) is 27.7 Å². The lowest BCUT2D eigenvalue weighted by atomic mass is 9.98.